The van der Waals surface area contributed by atoms with Crippen LogP contribution in [0.25, 0.3) is 0 Å². The van der Waals surface area contributed by atoms with Gasteiger partial charge in [0.2, 0.25) is 11.8 Å². The minimum atomic E-state index is -0.952. The van der Waals surface area contributed by atoms with Crippen LogP contribution in [0.5, 0.6) is 0 Å². The quantitative estimate of drug-likeness (QED) is 0.588. The van der Waals surface area contributed by atoms with E-state index >= 15 is 0 Å². The van der Waals surface area contributed by atoms with Crippen molar-refractivity contribution in [2.75, 3.05) is 0 Å². The van der Waals surface area contributed by atoms with Crippen molar-refractivity contribution in [1.82, 2.24) is 4.90 Å². The predicted molar refractivity (Wildman–Crippen MR) is 93.0 cm³/mol. The highest BCUT2D eigenvalue weighted by molar-refractivity contribution is 6.35. The van der Waals surface area contributed by atoms with E-state index < -0.39 is 12.0 Å². The zero-order chi connectivity index (χ0) is 18.1. The molecule has 5 nitrogen and oxygen atoms in total. The molecule has 3 rings (SSSR count). The molecule has 2 amide bonds. The maximum absolute atomic E-state index is 12.5. The maximum Gasteiger partial charge on any atom is 0.329 e. The van der Waals surface area contributed by atoms with Crippen LogP contribution in [0.3, 0.4) is 0 Å². The van der Waals surface area contributed by atoms with Gasteiger partial charge in [0.1, 0.15) is 12.6 Å². The summed E-state index contributed by atoms with van der Waals surface area (Å²) in [5.74, 6) is -1.72. The maximum atomic E-state index is 12.5. The van der Waals surface area contributed by atoms with Crippen molar-refractivity contribution in [3.63, 3.8) is 0 Å². The molecule has 1 aromatic rings. The van der Waals surface area contributed by atoms with E-state index in [1.54, 1.807) is 18.2 Å². The van der Waals surface area contributed by atoms with Gasteiger partial charge in [-0.25, -0.2) is 4.79 Å². The minimum Gasteiger partial charge on any atom is -0.459 e. The van der Waals surface area contributed by atoms with Crippen molar-refractivity contribution in [3.05, 3.63) is 33.8 Å². The van der Waals surface area contributed by atoms with Crippen molar-refractivity contribution < 1.29 is 19.1 Å². The van der Waals surface area contributed by atoms with Crippen LogP contribution >= 0.6 is 23.2 Å². The number of nitrogens with zero attached hydrogens (tertiary/aromatic N) is 1. The number of rotatable bonds is 4. The molecule has 1 heterocycles. The number of fused-ring (bicyclic) bond motifs is 1. The number of benzene rings is 1. The number of halogens is 2. The van der Waals surface area contributed by atoms with Gasteiger partial charge in [0, 0.05) is 15.6 Å². The lowest BCUT2D eigenvalue weighted by molar-refractivity contribution is -0.159. The number of hydrogen-bond acceptors (Lipinski definition) is 4. The summed E-state index contributed by atoms with van der Waals surface area (Å²) in [6, 6.07) is 4.05. The highest BCUT2D eigenvalue weighted by Gasteiger charge is 2.51. The van der Waals surface area contributed by atoms with Crippen LogP contribution in [0.15, 0.2) is 18.2 Å². The van der Waals surface area contributed by atoms with Gasteiger partial charge in [-0.2, -0.15) is 0 Å². The van der Waals surface area contributed by atoms with Gasteiger partial charge in [0.05, 0.1) is 11.8 Å². The van der Waals surface area contributed by atoms with Crippen LogP contribution in [0.4, 0.5) is 0 Å². The van der Waals surface area contributed by atoms with E-state index in [9.17, 15) is 14.4 Å². The number of esters is 1. The van der Waals surface area contributed by atoms with Crippen molar-refractivity contribution in [2.24, 2.45) is 11.8 Å². The minimum absolute atomic E-state index is 0.106. The predicted octanol–water partition coefficient (Wildman–Crippen LogP) is 3.60. The highest BCUT2D eigenvalue weighted by Crippen LogP contribution is 2.39. The Morgan fingerprint density at radius 3 is 2.20 bits per heavy atom. The molecule has 0 N–H and O–H groups in total. The van der Waals surface area contributed by atoms with Gasteiger partial charge >= 0.3 is 5.97 Å². The van der Waals surface area contributed by atoms with E-state index in [1.165, 1.54) is 6.92 Å². The van der Waals surface area contributed by atoms with Crippen molar-refractivity contribution in [2.45, 2.75) is 45.3 Å². The average Bonchev–Trinajstić information content (AvgIpc) is 2.85. The standard InChI is InChI=1S/C18H19Cl2NO4/c1-10(18(24)25-9-13-14(19)7-4-8-15(13)20)21-16(22)11-5-2-3-6-12(11)17(21)23/h4,7-8,10-12H,2-3,5-6,9H2,1H3/t10-,11+,12+/m0/s1. The average molecular weight is 384 g/mol. The second-order valence-corrected chi connectivity index (χ2v) is 7.34. The lowest BCUT2D eigenvalue weighted by Crippen LogP contribution is -2.44. The first-order valence-electron chi connectivity index (χ1n) is 8.38. The van der Waals surface area contributed by atoms with Crippen LogP contribution in [-0.4, -0.2) is 28.7 Å². The molecule has 0 spiro atoms. The van der Waals surface area contributed by atoms with E-state index in [2.05, 4.69) is 0 Å². The lowest BCUT2D eigenvalue weighted by atomic mass is 9.81. The first kappa shape index (κ1) is 18.2. The van der Waals surface area contributed by atoms with Gasteiger partial charge in [-0.15, -0.1) is 0 Å². The Balaban J connectivity index is 1.68. The Labute approximate surface area is 156 Å². The number of likely N-dealkylation sites (tertiary alicyclic amines) is 1. The fourth-order valence-electron chi connectivity index (χ4n) is 3.61. The summed E-state index contributed by atoms with van der Waals surface area (Å²) >= 11 is 12.1. The van der Waals surface area contributed by atoms with Gasteiger partial charge in [0.25, 0.3) is 0 Å². The molecule has 1 saturated heterocycles. The van der Waals surface area contributed by atoms with Crippen molar-refractivity contribution in [1.29, 1.82) is 0 Å². The second kappa shape index (κ2) is 7.34. The van der Waals surface area contributed by atoms with E-state index in [4.69, 9.17) is 27.9 Å². The molecule has 2 fully saturated rings. The Bertz CT molecular complexity index is 677. The molecule has 7 heteroatoms. The van der Waals surface area contributed by atoms with Crippen LogP contribution in [0, 0.1) is 11.8 Å². The van der Waals surface area contributed by atoms with Gasteiger partial charge in [-0.3, -0.25) is 14.5 Å². The molecule has 0 radical (unpaired) electrons. The molecule has 134 valence electrons. The van der Waals surface area contributed by atoms with Crippen LogP contribution < -0.4 is 0 Å². The third-order valence-electron chi connectivity index (χ3n) is 5.02. The van der Waals surface area contributed by atoms with E-state index in [0.717, 1.165) is 17.7 Å². The lowest BCUT2D eigenvalue weighted by Gasteiger charge is -2.21. The fraction of sp³-hybridized carbons (Fsp3) is 0.500. The number of ether oxygens (including phenoxy) is 1. The molecule has 0 unspecified atom stereocenters. The van der Waals surface area contributed by atoms with E-state index in [0.29, 0.717) is 28.5 Å². The van der Waals surface area contributed by atoms with Crippen molar-refractivity contribution in [3.8, 4) is 0 Å². The molecule has 3 atom stereocenters. The summed E-state index contributed by atoms with van der Waals surface area (Å²) in [7, 11) is 0. The topological polar surface area (TPSA) is 63.7 Å². The number of amides is 2. The normalized spacial score (nSPS) is 24.2. The number of hydrogen-bond donors (Lipinski definition) is 0. The number of carbonyl (C=O) groups is 3. The number of imide groups is 1. The van der Waals surface area contributed by atoms with E-state index in [1.807, 2.05) is 0 Å². The molecular weight excluding hydrogens is 365 g/mol. The Kier molecular flexibility index (Phi) is 5.35. The molecule has 1 aromatic carbocycles. The molecule has 25 heavy (non-hydrogen) atoms. The summed E-state index contributed by atoms with van der Waals surface area (Å²) in [5, 5.41) is 0.791. The Morgan fingerprint density at radius 2 is 1.68 bits per heavy atom. The largest absolute Gasteiger partial charge is 0.459 e. The third kappa shape index (κ3) is 3.40. The summed E-state index contributed by atoms with van der Waals surface area (Å²) in [6.45, 7) is 1.41. The first-order chi connectivity index (χ1) is 11.9. The smallest absolute Gasteiger partial charge is 0.329 e. The van der Waals surface area contributed by atoms with Gasteiger partial charge in [-0.1, -0.05) is 42.1 Å². The monoisotopic (exact) mass is 383 g/mol. The van der Waals surface area contributed by atoms with Crippen LogP contribution in [-0.2, 0) is 25.7 Å². The first-order valence-corrected chi connectivity index (χ1v) is 9.14. The molecule has 1 aliphatic heterocycles. The molecule has 0 aromatic heterocycles. The Morgan fingerprint density at radius 1 is 1.16 bits per heavy atom. The third-order valence-corrected chi connectivity index (χ3v) is 5.73. The summed E-state index contributed by atoms with van der Waals surface area (Å²) in [6.07, 6.45) is 3.31. The zero-order valence-corrected chi connectivity index (χ0v) is 15.3. The van der Waals surface area contributed by atoms with Gasteiger partial charge < -0.3 is 4.74 Å². The van der Waals surface area contributed by atoms with Crippen LogP contribution in [0.2, 0.25) is 10.0 Å². The summed E-state index contributed by atoms with van der Waals surface area (Å²) in [4.78, 5) is 38.5. The fourth-order valence-corrected chi connectivity index (χ4v) is 4.12. The number of carbonyl (C=O) groups excluding carboxylic acids is 3. The van der Waals surface area contributed by atoms with Gasteiger partial charge in [0.15, 0.2) is 0 Å². The van der Waals surface area contributed by atoms with Crippen molar-refractivity contribution >= 4 is 41.0 Å². The summed E-state index contributed by atoms with van der Waals surface area (Å²) in [5.41, 5.74) is 0.499. The molecule has 2 aliphatic rings. The van der Waals surface area contributed by atoms with E-state index in [-0.39, 0.29) is 30.3 Å². The zero-order valence-electron chi connectivity index (χ0n) is 13.8. The molecule has 0 bridgehead atoms. The van der Waals surface area contributed by atoms with Crippen LogP contribution in [0.1, 0.15) is 38.2 Å². The summed E-state index contributed by atoms with van der Waals surface area (Å²) < 4.78 is 5.26. The molecule has 1 saturated carbocycles. The highest BCUT2D eigenvalue weighted by atomic mass is 35.5. The molecule has 1 aliphatic carbocycles. The molecular formula is C18H19Cl2NO4. The SMILES string of the molecule is C[C@@H](C(=O)OCc1c(Cl)cccc1Cl)N1C(=O)[C@@H]2CCCC[C@H]2C1=O. The Hall–Kier alpha value is -1.59. The second-order valence-electron chi connectivity index (χ2n) is 6.53. The van der Waals surface area contributed by atoms with Gasteiger partial charge in [-0.05, 0) is 31.9 Å².